The molecule has 5 nitrogen and oxygen atoms in total. The van der Waals surface area contributed by atoms with Gasteiger partial charge in [0.25, 0.3) is 5.69 Å². The number of rotatable bonds is 3. The monoisotopic (exact) mass is 250 g/mol. The van der Waals surface area contributed by atoms with E-state index in [4.69, 9.17) is 4.74 Å². The van der Waals surface area contributed by atoms with Crippen LogP contribution in [-0.4, -0.2) is 24.1 Å². The SMILES string of the molecule is Cc1cc([N+](=O)[O-])ccc1OC1CNCCC1C. The third-order valence-electron chi connectivity index (χ3n) is 3.40. The van der Waals surface area contributed by atoms with Crippen LogP contribution in [0.3, 0.4) is 0 Å². The van der Waals surface area contributed by atoms with Gasteiger partial charge in [0, 0.05) is 18.7 Å². The second-order valence-electron chi connectivity index (χ2n) is 4.83. The van der Waals surface area contributed by atoms with Crippen LogP contribution in [0.5, 0.6) is 5.75 Å². The first-order valence-electron chi connectivity index (χ1n) is 6.20. The summed E-state index contributed by atoms with van der Waals surface area (Å²) in [5, 5.41) is 14.0. The van der Waals surface area contributed by atoms with E-state index >= 15 is 0 Å². The Hall–Kier alpha value is -1.62. The number of ether oxygens (including phenoxy) is 1. The quantitative estimate of drug-likeness (QED) is 0.660. The molecular formula is C13H18N2O3. The highest BCUT2D eigenvalue weighted by Crippen LogP contribution is 2.26. The van der Waals surface area contributed by atoms with E-state index < -0.39 is 0 Å². The minimum atomic E-state index is -0.387. The fourth-order valence-corrected chi connectivity index (χ4v) is 2.16. The Kier molecular flexibility index (Phi) is 3.81. The zero-order valence-electron chi connectivity index (χ0n) is 10.7. The molecule has 1 fully saturated rings. The molecule has 2 unspecified atom stereocenters. The second-order valence-corrected chi connectivity index (χ2v) is 4.83. The van der Waals surface area contributed by atoms with Crippen LogP contribution in [0, 0.1) is 23.0 Å². The lowest BCUT2D eigenvalue weighted by molar-refractivity contribution is -0.384. The van der Waals surface area contributed by atoms with Crippen LogP contribution in [0.15, 0.2) is 18.2 Å². The number of nitro groups is 1. The highest BCUT2D eigenvalue weighted by Gasteiger charge is 2.23. The van der Waals surface area contributed by atoms with Crippen LogP contribution in [-0.2, 0) is 0 Å². The van der Waals surface area contributed by atoms with Crippen molar-refractivity contribution in [3.05, 3.63) is 33.9 Å². The van der Waals surface area contributed by atoms with Gasteiger partial charge >= 0.3 is 0 Å². The average molecular weight is 250 g/mol. The normalized spacial score (nSPS) is 23.7. The standard InChI is InChI=1S/C13H18N2O3/c1-9-5-6-14-8-13(9)18-12-4-3-11(15(16)17)7-10(12)2/h3-4,7,9,13-14H,5-6,8H2,1-2H3. The molecule has 1 heterocycles. The molecule has 0 bridgehead atoms. The van der Waals surface area contributed by atoms with Gasteiger partial charge in [0.2, 0.25) is 0 Å². The van der Waals surface area contributed by atoms with E-state index in [0.29, 0.717) is 5.92 Å². The first kappa shape index (κ1) is 12.8. The summed E-state index contributed by atoms with van der Waals surface area (Å²) in [7, 11) is 0. The number of benzene rings is 1. The number of hydrogen-bond donors (Lipinski definition) is 1. The van der Waals surface area contributed by atoms with Crippen LogP contribution in [0.2, 0.25) is 0 Å². The molecule has 1 aromatic rings. The van der Waals surface area contributed by atoms with Gasteiger partial charge in [0.1, 0.15) is 11.9 Å². The zero-order valence-corrected chi connectivity index (χ0v) is 10.7. The highest BCUT2D eigenvalue weighted by atomic mass is 16.6. The van der Waals surface area contributed by atoms with E-state index in [1.165, 1.54) is 6.07 Å². The highest BCUT2D eigenvalue weighted by molar-refractivity contribution is 5.43. The predicted octanol–water partition coefficient (Wildman–Crippen LogP) is 2.28. The van der Waals surface area contributed by atoms with Crippen LogP contribution < -0.4 is 10.1 Å². The minimum Gasteiger partial charge on any atom is -0.489 e. The van der Waals surface area contributed by atoms with Gasteiger partial charge in [0.05, 0.1) is 4.92 Å². The zero-order chi connectivity index (χ0) is 13.1. The van der Waals surface area contributed by atoms with Gasteiger partial charge in [-0.1, -0.05) is 6.92 Å². The number of non-ortho nitro benzene ring substituents is 1. The van der Waals surface area contributed by atoms with Crippen LogP contribution in [0.25, 0.3) is 0 Å². The van der Waals surface area contributed by atoms with Crippen molar-refractivity contribution in [2.75, 3.05) is 13.1 Å². The van der Waals surface area contributed by atoms with Crippen molar-refractivity contribution < 1.29 is 9.66 Å². The molecule has 0 aliphatic carbocycles. The summed E-state index contributed by atoms with van der Waals surface area (Å²) in [5.74, 6) is 1.24. The van der Waals surface area contributed by atoms with Gasteiger partial charge < -0.3 is 10.1 Å². The maximum absolute atomic E-state index is 10.7. The third-order valence-corrected chi connectivity index (χ3v) is 3.40. The average Bonchev–Trinajstić information content (AvgIpc) is 2.34. The van der Waals surface area contributed by atoms with Gasteiger partial charge in [-0.15, -0.1) is 0 Å². The lowest BCUT2D eigenvalue weighted by Gasteiger charge is -2.30. The van der Waals surface area contributed by atoms with E-state index in [1.807, 2.05) is 6.92 Å². The van der Waals surface area contributed by atoms with Gasteiger partial charge in [-0.25, -0.2) is 0 Å². The molecule has 98 valence electrons. The summed E-state index contributed by atoms with van der Waals surface area (Å²) in [6.45, 7) is 5.87. The van der Waals surface area contributed by atoms with Crippen molar-refractivity contribution in [3.8, 4) is 5.75 Å². The first-order valence-corrected chi connectivity index (χ1v) is 6.20. The maximum Gasteiger partial charge on any atom is 0.269 e. The summed E-state index contributed by atoms with van der Waals surface area (Å²) < 4.78 is 5.95. The second kappa shape index (κ2) is 5.35. The van der Waals surface area contributed by atoms with E-state index in [-0.39, 0.29) is 16.7 Å². The number of hydrogen-bond acceptors (Lipinski definition) is 4. The largest absolute Gasteiger partial charge is 0.489 e. The van der Waals surface area contributed by atoms with Crippen LogP contribution >= 0.6 is 0 Å². The van der Waals surface area contributed by atoms with Crippen molar-refractivity contribution in [1.29, 1.82) is 0 Å². The molecular weight excluding hydrogens is 232 g/mol. The predicted molar refractivity (Wildman–Crippen MR) is 68.9 cm³/mol. The Morgan fingerprint density at radius 1 is 1.50 bits per heavy atom. The minimum absolute atomic E-state index is 0.106. The van der Waals surface area contributed by atoms with Gasteiger partial charge in [-0.3, -0.25) is 10.1 Å². The number of nitro benzene ring substituents is 1. The maximum atomic E-state index is 10.7. The summed E-state index contributed by atoms with van der Waals surface area (Å²) in [5.41, 5.74) is 0.914. The third kappa shape index (κ3) is 2.79. The van der Waals surface area contributed by atoms with Crippen molar-refractivity contribution in [1.82, 2.24) is 5.32 Å². The molecule has 0 saturated carbocycles. The number of nitrogens with zero attached hydrogens (tertiary/aromatic N) is 1. The molecule has 0 radical (unpaired) electrons. The van der Waals surface area contributed by atoms with Crippen LogP contribution in [0.1, 0.15) is 18.9 Å². The Labute approximate surface area is 106 Å². The summed E-state index contributed by atoms with van der Waals surface area (Å²) in [6.07, 6.45) is 1.23. The molecule has 18 heavy (non-hydrogen) atoms. The molecule has 5 heteroatoms. The first-order chi connectivity index (χ1) is 8.58. The van der Waals surface area contributed by atoms with E-state index in [0.717, 1.165) is 30.8 Å². The molecule has 0 aromatic heterocycles. The fraction of sp³-hybridized carbons (Fsp3) is 0.538. The summed E-state index contributed by atoms with van der Waals surface area (Å²) in [6, 6.07) is 4.73. The Bertz CT molecular complexity index is 448. The van der Waals surface area contributed by atoms with Gasteiger partial charge in [0.15, 0.2) is 0 Å². The van der Waals surface area contributed by atoms with Crippen molar-refractivity contribution in [2.24, 2.45) is 5.92 Å². The Morgan fingerprint density at radius 2 is 2.28 bits per heavy atom. The smallest absolute Gasteiger partial charge is 0.269 e. The van der Waals surface area contributed by atoms with Crippen molar-refractivity contribution >= 4 is 5.69 Å². The number of piperidine rings is 1. The van der Waals surface area contributed by atoms with E-state index in [2.05, 4.69) is 12.2 Å². The topological polar surface area (TPSA) is 64.4 Å². The molecule has 0 spiro atoms. The van der Waals surface area contributed by atoms with Crippen molar-refractivity contribution in [3.63, 3.8) is 0 Å². The Morgan fingerprint density at radius 3 is 2.89 bits per heavy atom. The lowest BCUT2D eigenvalue weighted by Crippen LogP contribution is -2.42. The summed E-state index contributed by atoms with van der Waals surface area (Å²) >= 11 is 0. The molecule has 2 rings (SSSR count). The molecule has 1 aliphatic rings. The molecule has 1 aliphatic heterocycles. The molecule has 1 saturated heterocycles. The van der Waals surface area contributed by atoms with E-state index in [9.17, 15) is 10.1 Å². The molecule has 0 amide bonds. The molecule has 1 aromatic carbocycles. The van der Waals surface area contributed by atoms with E-state index in [1.54, 1.807) is 12.1 Å². The van der Waals surface area contributed by atoms with Gasteiger partial charge in [-0.2, -0.15) is 0 Å². The van der Waals surface area contributed by atoms with Crippen molar-refractivity contribution in [2.45, 2.75) is 26.4 Å². The fourth-order valence-electron chi connectivity index (χ4n) is 2.16. The lowest BCUT2D eigenvalue weighted by atomic mass is 9.97. The van der Waals surface area contributed by atoms with Gasteiger partial charge in [-0.05, 0) is 37.4 Å². The molecule has 2 atom stereocenters. The molecule has 1 N–H and O–H groups in total. The van der Waals surface area contributed by atoms with Crippen LogP contribution in [0.4, 0.5) is 5.69 Å². The number of nitrogens with one attached hydrogen (secondary N) is 1. The number of aryl methyl sites for hydroxylation is 1. The summed E-state index contributed by atoms with van der Waals surface area (Å²) in [4.78, 5) is 10.3. The Balaban J connectivity index is 2.11.